The first-order valence-electron chi connectivity index (χ1n) is 3.77. The SMILES string of the molecule is CCc1n[nH]c(=S)n1N(C)C(N)=S. The van der Waals surface area contributed by atoms with E-state index >= 15 is 0 Å². The van der Waals surface area contributed by atoms with Crippen molar-refractivity contribution in [3.05, 3.63) is 10.6 Å². The molecule has 0 aliphatic rings. The van der Waals surface area contributed by atoms with Gasteiger partial charge >= 0.3 is 0 Å². The molecule has 1 aromatic rings. The molecular formula is C6H11N5S2. The molecule has 0 saturated heterocycles. The maximum Gasteiger partial charge on any atom is 0.214 e. The molecule has 0 aliphatic carbocycles. The second-order valence-corrected chi connectivity index (χ2v) is 3.28. The van der Waals surface area contributed by atoms with E-state index in [-0.39, 0.29) is 5.11 Å². The lowest BCUT2D eigenvalue weighted by atomic mass is 10.5. The van der Waals surface area contributed by atoms with Gasteiger partial charge in [0.25, 0.3) is 0 Å². The summed E-state index contributed by atoms with van der Waals surface area (Å²) in [6.07, 6.45) is 0.764. The van der Waals surface area contributed by atoms with Crippen LogP contribution in [0.1, 0.15) is 12.7 Å². The quantitative estimate of drug-likeness (QED) is 0.698. The lowest BCUT2D eigenvalue weighted by molar-refractivity contribution is 0.727. The Hall–Kier alpha value is -0.950. The van der Waals surface area contributed by atoms with E-state index in [1.165, 1.54) is 0 Å². The summed E-state index contributed by atoms with van der Waals surface area (Å²) < 4.78 is 2.17. The zero-order valence-electron chi connectivity index (χ0n) is 7.44. The zero-order chi connectivity index (χ0) is 10.0. The van der Waals surface area contributed by atoms with Crippen molar-refractivity contribution in [1.29, 1.82) is 0 Å². The first-order chi connectivity index (χ1) is 6.07. The van der Waals surface area contributed by atoms with Crippen LogP contribution in [0.15, 0.2) is 0 Å². The molecule has 0 fully saturated rings. The van der Waals surface area contributed by atoms with Crippen LogP contribution in [0.5, 0.6) is 0 Å². The molecule has 5 nitrogen and oxygen atoms in total. The number of aromatic nitrogens is 3. The van der Waals surface area contributed by atoms with E-state index in [0.29, 0.717) is 4.77 Å². The Morgan fingerprint density at radius 3 is 2.85 bits per heavy atom. The summed E-state index contributed by atoms with van der Waals surface area (Å²) in [4.78, 5) is 0. The monoisotopic (exact) mass is 217 g/mol. The number of nitrogens with one attached hydrogen (secondary N) is 1. The summed E-state index contributed by atoms with van der Waals surface area (Å²) in [5.74, 6) is 0.806. The number of nitrogens with zero attached hydrogens (tertiary/aromatic N) is 3. The van der Waals surface area contributed by atoms with Gasteiger partial charge in [0.1, 0.15) is 0 Å². The number of rotatable bonds is 2. The molecule has 3 N–H and O–H groups in total. The number of aryl methyl sites for hydroxylation is 1. The van der Waals surface area contributed by atoms with Crippen LogP contribution in [-0.4, -0.2) is 27.0 Å². The lowest BCUT2D eigenvalue weighted by Gasteiger charge is -2.18. The Bertz CT molecular complexity index is 365. The molecule has 0 saturated carbocycles. The molecule has 13 heavy (non-hydrogen) atoms. The highest BCUT2D eigenvalue weighted by Gasteiger charge is 2.09. The van der Waals surface area contributed by atoms with Gasteiger partial charge in [0, 0.05) is 13.5 Å². The van der Waals surface area contributed by atoms with E-state index < -0.39 is 0 Å². The summed E-state index contributed by atoms with van der Waals surface area (Å²) >= 11 is 9.85. The number of hydrogen-bond donors (Lipinski definition) is 2. The van der Waals surface area contributed by atoms with Crippen LogP contribution in [-0.2, 0) is 6.42 Å². The molecule has 72 valence electrons. The highest BCUT2D eigenvalue weighted by atomic mass is 32.1. The molecular weight excluding hydrogens is 206 g/mol. The number of nitrogens with two attached hydrogens (primary N) is 1. The van der Waals surface area contributed by atoms with E-state index in [1.807, 2.05) is 6.92 Å². The molecule has 0 radical (unpaired) electrons. The molecule has 0 atom stereocenters. The molecule has 7 heteroatoms. The van der Waals surface area contributed by atoms with E-state index in [1.54, 1.807) is 16.7 Å². The van der Waals surface area contributed by atoms with Crippen molar-refractivity contribution in [2.45, 2.75) is 13.3 Å². The molecule has 1 aromatic heterocycles. The maximum absolute atomic E-state index is 5.47. The van der Waals surface area contributed by atoms with Gasteiger partial charge in [-0.15, -0.1) is 0 Å². The Labute approximate surface area is 86.5 Å². The van der Waals surface area contributed by atoms with Gasteiger partial charge in [0.15, 0.2) is 10.9 Å². The van der Waals surface area contributed by atoms with Crippen molar-refractivity contribution in [2.75, 3.05) is 12.1 Å². The van der Waals surface area contributed by atoms with Crippen LogP contribution < -0.4 is 10.7 Å². The number of hydrogen-bond acceptors (Lipinski definition) is 3. The number of thiocarbonyl (C=S) groups is 1. The maximum atomic E-state index is 5.47. The highest BCUT2D eigenvalue weighted by molar-refractivity contribution is 7.80. The van der Waals surface area contributed by atoms with E-state index in [2.05, 4.69) is 10.2 Å². The summed E-state index contributed by atoms with van der Waals surface area (Å²) in [5.41, 5.74) is 5.47. The third kappa shape index (κ3) is 1.86. The van der Waals surface area contributed by atoms with Crippen LogP contribution in [0.25, 0.3) is 0 Å². The van der Waals surface area contributed by atoms with Crippen LogP contribution in [0, 0.1) is 4.77 Å². The first kappa shape index (κ1) is 10.1. The standard InChI is InChI=1S/C6H11N5S2/c1-3-4-8-9-6(13)11(4)10(2)5(7)12/h3H2,1-2H3,(H2,7,12)(H,9,13). The largest absolute Gasteiger partial charge is 0.375 e. The van der Waals surface area contributed by atoms with Crippen LogP contribution in [0.4, 0.5) is 0 Å². The summed E-state index contributed by atoms with van der Waals surface area (Å²) in [6.45, 7) is 1.98. The van der Waals surface area contributed by atoms with E-state index in [0.717, 1.165) is 12.2 Å². The molecule has 0 amide bonds. The van der Waals surface area contributed by atoms with E-state index in [4.69, 9.17) is 30.2 Å². The van der Waals surface area contributed by atoms with Crippen molar-refractivity contribution < 1.29 is 0 Å². The van der Waals surface area contributed by atoms with Gasteiger partial charge in [-0.1, -0.05) is 6.92 Å². The predicted octanol–water partition coefficient (Wildman–Crippen LogP) is 0.314. The molecule has 0 unspecified atom stereocenters. The van der Waals surface area contributed by atoms with Crippen molar-refractivity contribution in [1.82, 2.24) is 14.9 Å². The fourth-order valence-electron chi connectivity index (χ4n) is 0.961. The normalized spacial score (nSPS) is 10.0. The average molecular weight is 217 g/mol. The summed E-state index contributed by atoms with van der Waals surface area (Å²) in [5, 5.41) is 8.55. The molecule has 0 bridgehead atoms. The van der Waals surface area contributed by atoms with Crippen molar-refractivity contribution in [3.8, 4) is 0 Å². The van der Waals surface area contributed by atoms with Gasteiger partial charge in [-0.25, -0.2) is 4.68 Å². The fraction of sp³-hybridized carbons (Fsp3) is 0.500. The zero-order valence-corrected chi connectivity index (χ0v) is 9.08. The van der Waals surface area contributed by atoms with Gasteiger partial charge in [-0.2, -0.15) is 5.10 Å². The van der Waals surface area contributed by atoms with Gasteiger partial charge in [0.2, 0.25) is 4.77 Å². The Balaban J connectivity index is 3.18. The Kier molecular flexibility index (Phi) is 2.99. The minimum Gasteiger partial charge on any atom is -0.375 e. The number of aromatic amines is 1. The second kappa shape index (κ2) is 3.84. The fourth-order valence-corrected chi connectivity index (χ4v) is 1.32. The molecule has 0 aromatic carbocycles. The third-order valence-electron chi connectivity index (χ3n) is 1.65. The van der Waals surface area contributed by atoms with Gasteiger partial charge in [-0.3, -0.25) is 10.1 Å². The minimum atomic E-state index is 0.257. The summed E-state index contributed by atoms with van der Waals surface area (Å²) in [6, 6.07) is 0. The van der Waals surface area contributed by atoms with Crippen molar-refractivity contribution >= 4 is 29.5 Å². The van der Waals surface area contributed by atoms with Crippen LogP contribution >= 0.6 is 24.4 Å². The molecule has 1 heterocycles. The predicted molar refractivity (Wildman–Crippen MR) is 57.7 cm³/mol. The highest BCUT2D eigenvalue weighted by Crippen LogP contribution is 1.98. The average Bonchev–Trinajstić information content (AvgIpc) is 2.45. The minimum absolute atomic E-state index is 0.257. The second-order valence-electron chi connectivity index (χ2n) is 2.47. The number of H-pyrrole nitrogens is 1. The van der Waals surface area contributed by atoms with Gasteiger partial charge < -0.3 is 5.73 Å². The van der Waals surface area contributed by atoms with Crippen molar-refractivity contribution in [3.63, 3.8) is 0 Å². The molecule has 0 spiro atoms. The van der Waals surface area contributed by atoms with Gasteiger partial charge in [0.05, 0.1) is 0 Å². The molecule has 1 rings (SSSR count). The topological polar surface area (TPSA) is 62.9 Å². The smallest absolute Gasteiger partial charge is 0.214 e. The van der Waals surface area contributed by atoms with Gasteiger partial charge in [-0.05, 0) is 24.4 Å². The van der Waals surface area contributed by atoms with Crippen molar-refractivity contribution in [2.24, 2.45) is 5.73 Å². The Morgan fingerprint density at radius 2 is 2.38 bits per heavy atom. The Morgan fingerprint density at radius 1 is 1.77 bits per heavy atom. The van der Waals surface area contributed by atoms with Crippen LogP contribution in [0.3, 0.4) is 0 Å². The third-order valence-corrected chi connectivity index (χ3v) is 2.18. The van der Waals surface area contributed by atoms with E-state index in [9.17, 15) is 0 Å². The van der Waals surface area contributed by atoms with Crippen LogP contribution in [0.2, 0.25) is 0 Å². The first-order valence-corrected chi connectivity index (χ1v) is 4.59. The summed E-state index contributed by atoms with van der Waals surface area (Å²) in [7, 11) is 1.74. The molecule has 0 aliphatic heterocycles. The lowest BCUT2D eigenvalue weighted by Crippen LogP contribution is -2.41.